The third-order valence-electron chi connectivity index (χ3n) is 2.62. The lowest BCUT2D eigenvalue weighted by atomic mass is 10.2. The molecule has 96 valence electrons. The third-order valence-corrected chi connectivity index (χ3v) is 4.35. The monoisotopic (exact) mass is 376 g/mol. The molecule has 2 aromatic heterocycles. The van der Waals surface area contributed by atoms with E-state index in [-0.39, 0.29) is 0 Å². The fourth-order valence-electron chi connectivity index (χ4n) is 1.81. The van der Waals surface area contributed by atoms with Gasteiger partial charge in [-0.3, -0.25) is 4.68 Å². The molecule has 0 aliphatic carbocycles. The molecule has 4 nitrogen and oxygen atoms in total. The second-order valence-electron chi connectivity index (χ2n) is 4.15. The summed E-state index contributed by atoms with van der Waals surface area (Å²) in [5, 5.41) is 4.83. The van der Waals surface area contributed by atoms with Crippen LogP contribution in [0.25, 0.3) is 11.4 Å². The van der Waals surface area contributed by atoms with Crippen LogP contribution < -0.4 is 0 Å². The molecule has 18 heavy (non-hydrogen) atoms. The molecule has 6 heteroatoms. The summed E-state index contributed by atoms with van der Waals surface area (Å²) in [5.41, 5.74) is 2.86. The maximum absolute atomic E-state index is 6.18. The molecule has 2 heterocycles. The van der Waals surface area contributed by atoms with Crippen molar-refractivity contribution >= 4 is 34.2 Å². The van der Waals surface area contributed by atoms with Crippen LogP contribution in [0.15, 0.2) is 6.20 Å². The highest BCUT2D eigenvalue weighted by molar-refractivity contribution is 14.1. The van der Waals surface area contributed by atoms with Gasteiger partial charge in [-0.2, -0.15) is 5.10 Å². The van der Waals surface area contributed by atoms with Gasteiger partial charge in [-0.25, -0.2) is 9.97 Å². The van der Waals surface area contributed by atoms with Gasteiger partial charge in [0.2, 0.25) is 0 Å². The van der Waals surface area contributed by atoms with Gasteiger partial charge >= 0.3 is 0 Å². The smallest absolute Gasteiger partial charge is 0.164 e. The Morgan fingerprint density at radius 3 is 2.67 bits per heavy atom. The van der Waals surface area contributed by atoms with E-state index >= 15 is 0 Å². The molecule has 0 amide bonds. The molecule has 0 atom stereocenters. The van der Waals surface area contributed by atoms with Crippen LogP contribution in [0.3, 0.4) is 0 Å². The Morgan fingerprint density at radius 2 is 2.11 bits per heavy atom. The van der Waals surface area contributed by atoms with Gasteiger partial charge in [0.05, 0.1) is 20.5 Å². The van der Waals surface area contributed by atoms with Crippen LogP contribution in [-0.2, 0) is 13.5 Å². The number of rotatable bonds is 3. The first-order valence-electron chi connectivity index (χ1n) is 5.75. The quantitative estimate of drug-likeness (QED) is 0.609. The van der Waals surface area contributed by atoms with Crippen molar-refractivity contribution in [3.63, 3.8) is 0 Å². The summed E-state index contributed by atoms with van der Waals surface area (Å²) in [5.74, 6) is 0.662. The largest absolute Gasteiger partial charge is 0.275 e. The Labute approximate surface area is 125 Å². The van der Waals surface area contributed by atoms with Crippen LogP contribution >= 0.6 is 34.2 Å². The van der Waals surface area contributed by atoms with Crippen LogP contribution in [-0.4, -0.2) is 19.7 Å². The summed E-state index contributed by atoms with van der Waals surface area (Å²) in [7, 11) is 1.89. The van der Waals surface area contributed by atoms with Crippen molar-refractivity contribution in [3.8, 4) is 11.4 Å². The summed E-state index contributed by atoms with van der Waals surface area (Å²) >= 11 is 8.38. The maximum Gasteiger partial charge on any atom is 0.164 e. The second-order valence-corrected chi connectivity index (χ2v) is 5.59. The highest BCUT2D eigenvalue weighted by Crippen LogP contribution is 2.25. The number of aromatic nitrogens is 4. The Balaban J connectivity index is 2.55. The topological polar surface area (TPSA) is 43.6 Å². The molecule has 0 aliphatic rings. The van der Waals surface area contributed by atoms with Crippen molar-refractivity contribution < 1.29 is 0 Å². The first-order valence-corrected chi connectivity index (χ1v) is 7.21. The van der Waals surface area contributed by atoms with Crippen LogP contribution in [0.4, 0.5) is 0 Å². The van der Waals surface area contributed by atoms with Crippen LogP contribution in [0.1, 0.15) is 24.7 Å². The normalized spacial score (nSPS) is 10.9. The summed E-state index contributed by atoms with van der Waals surface area (Å²) < 4.78 is 2.71. The Hall–Kier alpha value is -0.690. The van der Waals surface area contributed by atoms with Gasteiger partial charge in [0, 0.05) is 13.2 Å². The molecular formula is C12H14ClIN4. The standard InChI is InChI=1S/C12H14ClIN4/c1-4-5-9-10(14)11(13)16-12(15-9)8-6-18(3)17-7(8)2/h6H,4-5H2,1-3H3. The van der Waals surface area contributed by atoms with E-state index in [1.807, 2.05) is 20.2 Å². The first kappa shape index (κ1) is 13.7. The van der Waals surface area contributed by atoms with Crippen LogP contribution in [0.2, 0.25) is 5.15 Å². The van der Waals surface area contributed by atoms with E-state index in [9.17, 15) is 0 Å². The summed E-state index contributed by atoms with van der Waals surface area (Å²) in [6.45, 7) is 4.07. The van der Waals surface area contributed by atoms with Crippen molar-refractivity contribution in [2.24, 2.45) is 7.05 Å². The maximum atomic E-state index is 6.18. The average Bonchev–Trinajstić information content (AvgIpc) is 2.64. The van der Waals surface area contributed by atoms with Gasteiger partial charge in [-0.1, -0.05) is 24.9 Å². The lowest BCUT2D eigenvalue weighted by Gasteiger charge is -2.06. The highest BCUT2D eigenvalue weighted by Gasteiger charge is 2.14. The molecule has 0 saturated heterocycles. The zero-order valence-corrected chi connectivity index (χ0v) is 13.4. The minimum Gasteiger partial charge on any atom is -0.275 e. The minimum atomic E-state index is 0.521. The third kappa shape index (κ3) is 2.66. The van der Waals surface area contributed by atoms with Gasteiger partial charge in [0.15, 0.2) is 5.82 Å². The van der Waals surface area contributed by atoms with Gasteiger partial charge in [0.25, 0.3) is 0 Å². The summed E-state index contributed by atoms with van der Waals surface area (Å²) in [4.78, 5) is 8.96. The number of halogens is 2. The van der Waals surface area contributed by atoms with E-state index < -0.39 is 0 Å². The molecule has 0 spiro atoms. The second kappa shape index (κ2) is 5.52. The van der Waals surface area contributed by atoms with Crippen LogP contribution in [0.5, 0.6) is 0 Å². The molecule has 2 rings (SSSR count). The SMILES string of the molecule is CCCc1nc(-c2cn(C)nc2C)nc(Cl)c1I. The van der Waals surface area contributed by atoms with E-state index in [0.717, 1.165) is 33.4 Å². The first-order chi connectivity index (χ1) is 8.52. The molecule has 0 bridgehead atoms. The molecule has 0 unspecified atom stereocenters. The predicted molar refractivity (Wildman–Crippen MR) is 80.7 cm³/mol. The van der Waals surface area contributed by atoms with Crippen molar-refractivity contribution in [1.29, 1.82) is 0 Å². The van der Waals surface area contributed by atoms with Gasteiger partial charge in [-0.05, 0) is 35.9 Å². The number of hydrogen-bond donors (Lipinski definition) is 0. The Morgan fingerprint density at radius 1 is 1.39 bits per heavy atom. The molecule has 0 N–H and O–H groups in total. The Kier molecular flexibility index (Phi) is 4.21. The summed E-state index contributed by atoms with van der Waals surface area (Å²) in [6.07, 6.45) is 3.87. The van der Waals surface area contributed by atoms with Gasteiger partial charge in [-0.15, -0.1) is 0 Å². The molecule has 0 radical (unpaired) electrons. The van der Waals surface area contributed by atoms with Crippen molar-refractivity contribution in [3.05, 3.63) is 26.3 Å². The van der Waals surface area contributed by atoms with Crippen LogP contribution in [0, 0.1) is 10.5 Å². The number of aryl methyl sites for hydroxylation is 3. The zero-order valence-electron chi connectivity index (χ0n) is 10.5. The van der Waals surface area contributed by atoms with E-state index in [1.54, 1.807) is 4.68 Å². The van der Waals surface area contributed by atoms with Crippen molar-refractivity contribution in [2.75, 3.05) is 0 Å². The molecule has 0 aliphatic heterocycles. The Bertz CT molecular complexity index is 580. The fraction of sp³-hybridized carbons (Fsp3) is 0.417. The molecule has 0 saturated carbocycles. The zero-order chi connectivity index (χ0) is 13.3. The molecule has 0 aromatic carbocycles. The van der Waals surface area contributed by atoms with Crippen molar-refractivity contribution in [1.82, 2.24) is 19.7 Å². The lowest BCUT2D eigenvalue weighted by molar-refractivity contribution is 0.756. The van der Waals surface area contributed by atoms with E-state index in [2.05, 4.69) is 44.6 Å². The highest BCUT2D eigenvalue weighted by atomic mass is 127. The minimum absolute atomic E-state index is 0.521. The molecule has 2 aromatic rings. The van der Waals surface area contributed by atoms with Gasteiger partial charge < -0.3 is 0 Å². The average molecular weight is 377 g/mol. The fourth-order valence-corrected chi connectivity index (χ4v) is 2.51. The molecule has 0 fully saturated rings. The van der Waals surface area contributed by atoms with E-state index in [0.29, 0.717) is 11.0 Å². The van der Waals surface area contributed by atoms with E-state index in [1.165, 1.54) is 0 Å². The predicted octanol–water partition coefficient (Wildman–Crippen LogP) is 3.40. The van der Waals surface area contributed by atoms with Crippen molar-refractivity contribution in [2.45, 2.75) is 26.7 Å². The number of hydrogen-bond acceptors (Lipinski definition) is 3. The number of nitrogens with zero attached hydrogens (tertiary/aromatic N) is 4. The molecular weight excluding hydrogens is 363 g/mol. The van der Waals surface area contributed by atoms with E-state index in [4.69, 9.17) is 11.6 Å². The lowest BCUT2D eigenvalue weighted by Crippen LogP contribution is -2.00. The van der Waals surface area contributed by atoms with Gasteiger partial charge in [0.1, 0.15) is 5.15 Å². The summed E-state index contributed by atoms with van der Waals surface area (Å²) in [6, 6.07) is 0.